The highest BCUT2D eigenvalue weighted by molar-refractivity contribution is 5.88. The number of carbonyl (C=O) groups is 1. The number of ether oxygens (including phenoxy) is 1. The van der Waals surface area contributed by atoms with Gasteiger partial charge >= 0.3 is 6.03 Å². The van der Waals surface area contributed by atoms with E-state index in [2.05, 4.69) is 34.6 Å². The van der Waals surface area contributed by atoms with Gasteiger partial charge in [0.2, 0.25) is 0 Å². The van der Waals surface area contributed by atoms with Crippen molar-refractivity contribution in [2.45, 2.75) is 13.8 Å². The van der Waals surface area contributed by atoms with Crippen LogP contribution < -0.4 is 10.6 Å². The van der Waals surface area contributed by atoms with Gasteiger partial charge < -0.3 is 10.1 Å². The molecule has 7 heteroatoms. The zero-order chi connectivity index (χ0) is 16.7. The van der Waals surface area contributed by atoms with Crippen LogP contribution in [0.2, 0.25) is 0 Å². The van der Waals surface area contributed by atoms with Crippen LogP contribution in [0.3, 0.4) is 0 Å². The van der Waals surface area contributed by atoms with Crippen molar-refractivity contribution < 1.29 is 9.53 Å². The Kier molecular flexibility index (Phi) is 6.10. The van der Waals surface area contributed by atoms with Crippen LogP contribution in [0.4, 0.5) is 10.6 Å². The number of nitrogens with one attached hydrogen (secondary N) is 2. The summed E-state index contributed by atoms with van der Waals surface area (Å²) in [6.07, 6.45) is 3.47. The van der Waals surface area contributed by atoms with Gasteiger partial charge in [-0.2, -0.15) is 5.10 Å². The van der Waals surface area contributed by atoms with Crippen molar-refractivity contribution in [2.24, 2.45) is 13.0 Å². The van der Waals surface area contributed by atoms with Crippen molar-refractivity contribution in [3.63, 3.8) is 0 Å². The van der Waals surface area contributed by atoms with Gasteiger partial charge in [-0.05, 0) is 18.1 Å². The third-order valence-electron chi connectivity index (χ3n) is 3.06. The summed E-state index contributed by atoms with van der Waals surface area (Å²) in [4.78, 5) is 15.9. The number of hydrogen-bond donors (Lipinski definition) is 2. The molecular weight excluding hydrogens is 294 g/mol. The van der Waals surface area contributed by atoms with E-state index in [9.17, 15) is 4.79 Å². The van der Waals surface area contributed by atoms with E-state index in [0.29, 0.717) is 31.5 Å². The van der Waals surface area contributed by atoms with Gasteiger partial charge in [-0.25, -0.2) is 4.79 Å². The molecule has 0 unspecified atom stereocenters. The molecule has 2 rings (SSSR count). The van der Waals surface area contributed by atoms with Gasteiger partial charge in [-0.3, -0.25) is 15.0 Å². The first-order valence-corrected chi connectivity index (χ1v) is 7.63. The van der Waals surface area contributed by atoms with Crippen LogP contribution in [-0.2, 0) is 11.8 Å². The molecule has 2 N–H and O–H groups in total. The smallest absolute Gasteiger partial charge is 0.320 e. The molecule has 0 aliphatic heterocycles. The fourth-order valence-corrected chi connectivity index (χ4v) is 2.03. The van der Waals surface area contributed by atoms with E-state index in [0.717, 1.165) is 11.3 Å². The minimum Gasteiger partial charge on any atom is -0.379 e. The maximum Gasteiger partial charge on any atom is 0.320 e. The largest absolute Gasteiger partial charge is 0.379 e. The van der Waals surface area contributed by atoms with Crippen molar-refractivity contribution in [1.29, 1.82) is 0 Å². The summed E-state index contributed by atoms with van der Waals surface area (Å²) in [6, 6.07) is 5.32. The lowest BCUT2D eigenvalue weighted by Gasteiger charge is -2.08. The Morgan fingerprint density at radius 2 is 2.26 bits per heavy atom. The van der Waals surface area contributed by atoms with Crippen LogP contribution in [0.1, 0.15) is 13.8 Å². The van der Waals surface area contributed by atoms with E-state index in [1.165, 1.54) is 0 Å². The summed E-state index contributed by atoms with van der Waals surface area (Å²) >= 11 is 0. The second kappa shape index (κ2) is 8.28. The average molecular weight is 317 g/mol. The number of rotatable bonds is 7. The van der Waals surface area contributed by atoms with E-state index in [4.69, 9.17) is 4.74 Å². The molecule has 0 aliphatic carbocycles. The molecule has 0 aliphatic rings. The van der Waals surface area contributed by atoms with E-state index in [1.807, 2.05) is 25.2 Å². The van der Waals surface area contributed by atoms with Crippen LogP contribution in [0.5, 0.6) is 0 Å². The zero-order valence-electron chi connectivity index (χ0n) is 13.7. The lowest BCUT2D eigenvalue weighted by molar-refractivity contribution is 0.113. The van der Waals surface area contributed by atoms with Crippen LogP contribution in [0, 0.1) is 5.92 Å². The summed E-state index contributed by atoms with van der Waals surface area (Å²) in [5.74, 6) is 0.982. The zero-order valence-corrected chi connectivity index (χ0v) is 13.7. The molecule has 2 amide bonds. The van der Waals surface area contributed by atoms with Gasteiger partial charge in [-0.1, -0.05) is 13.8 Å². The van der Waals surface area contributed by atoms with Crippen LogP contribution in [0.25, 0.3) is 11.3 Å². The monoisotopic (exact) mass is 317 g/mol. The van der Waals surface area contributed by atoms with Crippen LogP contribution in [0.15, 0.2) is 30.6 Å². The summed E-state index contributed by atoms with van der Waals surface area (Å²) in [5.41, 5.74) is 1.83. The molecule has 7 nitrogen and oxygen atoms in total. The van der Waals surface area contributed by atoms with Gasteiger partial charge in [0.1, 0.15) is 0 Å². The standard InChI is InChI=1S/C16H23N5O2/c1-12(2)11-23-8-7-18-16(22)19-15-9-14(21(3)20-15)13-5-4-6-17-10-13/h4-6,9-10,12H,7-8,11H2,1-3H3,(H2,18,19,20,22). The van der Waals surface area contributed by atoms with Crippen molar-refractivity contribution in [2.75, 3.05) is 25.1 Å². The first kappa shape index (κ1) is 17.0. The van der Waals surface area contributed by atoms with Gasteiger partial charge in [-0.15, -0.1) is 0 Å². The first-order valence-electron chi connectivity index (χ1n) is 7.63. The number of anilines is 1. The molecule has 0 atom stereocenters. The Morgan fingerprint density at radius 3 is 2.96 bits per heavy atom. The number of urea groups is 1. The van der Waals surface area contributed by atoms with Gasteiger partial charge in [0, 0.05) is 44.2 Å². The Labute approximate surface area is 136 Å². The molecule has 2 aromatic heterocycles. The van der Waals surface area contributed by atoms with Crippen molar-refractivity contribution in [1.82, 2.24) is 20.1 Å². The molecule has 0 bridgehead atoms. The molecule has 2 aromatic rings. The fraction of sp³-hybridized carbons (Fsp3) is 0.438. The molecule has 0 saturated heterocycles. The lowest BCUT2D eigenvalue weighted by Crippen LogP contribution is -2.32. The number of hydrogen-bond acceptors (Lipinski definition) is 4. The highest BCUT2D eigenvalue weighted by atomic mass is 16.5. The lowest BCUT2D eigenvalue weighted by atomic mass is 10.2. The molecule has 0 radical (unpaired) electrons. The van der Waals surface area contributed by atoms with Crippen LogP contribution >= 0.6 is 0 Å². The normalized spacial score (nSPS) is 10.8. The van der Waals surface area contributed by atoms with Gasteiger partial charge in [0.05, 0.1) is 12.3 Å². The molecular formula is C16H23N5O2. The topological polar surface area (TPSA) is 81.1 Å². The SMILES string of the molecule is CC(C)COCCNC(=O)Nc1cc(-c2cccnc2)n(C)n1. The number of aryl methyl sites for hydroxylation is 1. The third-order valence-corrected chi connectivity index (χ3v) is 3.06. The Balaban J connectivity index is 1.83. The van der Waals surface area contributed by atoms with E-state index >= 15 is 0 Å². The fourth-order valence-electron chi connectivity index (χ4n) is 2.03. The summed E-state index contributed by atoms with van der Waals surface area (Å²) in [6.45, 7) is 5.82. The van der Waals surface area contributed by atoms with E-state index in [1.54, 1.807) is 17.1 Å². The van der Waals surface area contributed by atoms with Crippen molar-refractivity contribution >= 4 is 11.8 Å². The second-order valence-corrected chi connectivity index (χ2v) is 5.63. The van der Waals surface area contributed by atoms with Crippen LogP contribution in [-0.4, -0.2) is 40.6 Å². The molecule has 2 heterocycles. The van der Waals surface area contributed by atoms with Gasteiger partial charge in [0.15, 0.2) is 5.82 Å². The van der Waals surface area contributed by atoms with Crippen molar-refractivity contribution in [3.8, 4) is 11.3 Å². The van der Waals surface area contributed by atoms with Gasteiger partial charge in [0.25, 0.3) is 0 Å². The second-order valence-electron chi connectivity index (χ2n) is 5.63. The first-order chi connectivity index (χ1) is 11.1. The number of aromatic nitrogens is 3. The molecule has 0 fully saturated rings. The Morgan fingerprint density at radius 1 is 1.43 bits per heavy atom. The third kappa shape index (κ3) is 5.37. The quantitative estimate of drug-likeness (QED) is 0.768. The minimum atomic E-state index is -0.297. The maximum absolute atomic E-state index is 11.8. The summed E-state index contributed by atoms with van der Waals surface area (Å²) in [5, 5.41) is 9.73. The Bertz CT molecular complexity index is 625. The number of nitrogens with zero attached hydrogens (tertiary/aromatic N) is 3. The molecule has 0 saturated carbocycles. The summed E-state index contributed by atoms with van der Waals surface area (Å²) < 4.78 is 7.11. The molecule has 124 valence electrons. The Hall–Kier alpha value is -2.41. The maximum atomic E-state index is 11.8. The molecule has 0 spiro atoms. The predicted molar refractivity (Wildman–Crippen MR) is 89.1 cm³/mol. The number of amides is 2. The molecule has 0 aromatic carbocycles. The average Bonchev–Trinajstić information content (AvgIpc) is 2.88. The number of pyridine rings is 1. The number of carbonyl (C=O) groups excluding carboxylic acids is 1. The van der Waals surface area contributed by atoms with E-state index < -0.39 is 0 Å². The predicted octanol–water partition coefficient (Wildman–Crippen LogP) is 2.28. The van der Waals surface area contributed by atoms with E-state index in [-0.39, 0.29) is 6.03 Å². The minimum absolute atomic E-state index is 0.297. The summed E-state index contributed by atoms with van der Waals surface area (Å²) in [7, 11) is 1.82. The highest BCUT2D eigenvalue weighted by Gasteiger charge is 2.09. The van der Waals surface area contributed by atoms with Crippen molar-refractivity contribution in [3.05, 3.63) is 30.6 Å². The molecule has 23 heavy (non-hydrogen) atoms. The highest BCUT2D eigenvalue weighted by Crippen LogP contribution is 2.20.